The molecule has 5 nitrogen and oxygen atoms in total. The Labute approximate surface area is 142 Å². The molecule has 2 saturated carbocycles. The summed E-state index contributed by atoms with van der Waals surface area (Å²) < 4.78 is 5.40. The van der Waals surface area contributed by atoms with Gasteiger partial charge in [-0.2, -0.15) is 0 Å². The number of nitrogens with one attached hydrogen (secondary N) is 1. The maximum Gasteiger partial charge on any atom is 0.329 e. The SMILES string of the molecule is N[C@@H](C(=O)NC(C(=O)OCc1ccccc1)C1CC1)C1CCCC1. The van der Waals surface area contributed by atoms with E-state index in [1.54, 1.807) is 0 Å². The summed E-state index contributed by atoms with van der Waals surface area (Å²) in [4.78, 5) is 24.8. The highest BCUT2D eigenvalue weighted by atomic mass is 16.5. The number of hydrogen-bond acceptors (Lipinski definition) is 4. The van der Waals surface area contributed by atoms with Crippen LogP contribution in [-0.2, 0) is 20.9 Å². The summed E-state index contributed by atoms with van der Waals surface area (Å²) in [6.45, 7) is 0.230. The Morgan fingerprint density at radius 3 is 2.38 bits per heavy atom. The van der Waals surface area contributed by atoms with Crippen molar-refractivity contribution in [2.45, 2.75) is 57.2 Å². The van der Waals surface area contributed by atoms with Crippen LogP contribution in [0.2, 0.25) is 0 Å². The van der Waals surface area contributed by atoms with E-state index in [4.69, 9.17) is 10.5 Å². The summed E-state index contributed by atoms with van der Waals surface area (Å²) in [6, 6.07) is 8.48. The highest BCUT2D eigenvalue weighted by Gasteiger charge is 2.40. The van der Waals surface area contributed by atoms with E-state index in [0.29, 0.717) is 0 Å². The lowest BCUT2D eigenvalue weighted by atomic mass is 9.98. The zero-order valence-corrected chi connectivity index (χ0v) is 13.9. The normalized spacial score (nSPS) is 20.4. The molecule has 1 aromatic carbocycles. The van der Waals surface area contributed by atoms with Gasteiger partial charge >= 0.3 is 5.97 Å². The second kappa shape index (κ2) is 7.79. The summed E-state index contributed by atoms with van der Waals surface area (Å²) in [6.07, 6.45) is 6.17. The monoisotopic (exact) mass is 330 g/mol. The molecule has 24 heavy (non-hydrogen) atoms. The zero-order chi connectivity index (χ0) is 16.9. The first-order valence-corrected chi connectivity index (χ1v) is 8.91. The molecule has 0 heterocycles. The van der Waals surface area contributed by atoms with E-state index < -0.39 is 12.1 Å². The molecule has 0 bridgehead atoms. The molecular weight excluding hydrogens is 304 g/mol. The van der Waals surface area contributed by atoms with Gasteiger partial charge < -0.3 is 15.8 Å². The molecule has 3 rings (SSSR count). The maximum atomic E-state index is 12.4. The van der Waals surface area contributed by atoms with E-state index in [-0.39, 0.29) is 30.3 Å². The van der Waals surface area contributed by atoms with E-state index in [9.17, 15) is 9.59 Å². The van der Waals surface area contributed by atoms with Crippen LogP contribution in [0.15, 0.2) is 30.3 Å². The molecule has 130 valence electrons. The molecule has 0 aliphatic heterocycles. The fourth-order valence-electron chi connectivity index (χ4n) is 3.40. The summed E-state index contributed by atoms with van der Waals surface area (Å²) in [5.41, 5.74) is 7.03. The van der Waals surface area contributed by atoms with E-state index >= 15 is 0 Å². The maximum absolute atomic E-state index is 12.4. The number of rotatable bonds is 7. The molecule has 0 aromatic heterocycles. The van der Waals surface area contributed by atoms with Gasteiger partial charge in [0.15, 0.2) is 0 Å². The highest BCUT2D eigenvalue weighted by molar-refractivity contribution is 5.88. The average Bonchev–Trinajstić information content (AvgIpc) is 3.30. The molecule has 0 spiro atoms. The average molecular weight is 330 g/mol. The summed E-state index contributed by atoms with van der Waals surface area (Å²) in [7, 11) is 0. The van der Waals surface area contributed by atoms with Crippen LogP contribution >= 0.6 is 0 Å². The Hall–Kier alpha value is -1.88. The fraction of sp³-hybridized carbons (Fsp3) is 0.579. The molecule has 2 atom stereocenters. The topological polar surface area (TPSA) is 81.4 Å². The minimum absolute atomic E-state index is 0.188. The summed E-state index contributed by atoms with van der Waals surface area (Å²) >= 11 is 0. The first kappa shape index (κ1) is 17.0. The van der Waals surface area contributed by atoms with E-state index in [0.717, 1.165) is 44.1 Å². The largest absolute Gasteiger partial charge is 0.459 e. The fourth-order valence-corrected chi connectivity index (χ4v) is 3.40. The third-order valence-electron chi connectivity index (χ3n) is 5.08. The lowest BCUT2D eigenvalue weighted by Crippen LogP contribution is -2.52. The molecule has 1 amide bonds. The number of nitrogens with two attached hydrogens (primary N) is 1. The van der Waals surface area contributed by atoms with Gasteiger partial charge in [-0.25, -0.2) is 4.79 Å². The van der Waals surface area contributed by atoms with Gasteiger partial charge in [-0.3, -0.25) is 4.79 Å². The van der Waals surface area contributed by atoms with Crippen molar-refractivity contribution in [3.05, 3.63) is 35.9 Å². The third-order valence-corrected chi connectivity index (χ3v) is 5.08. The van der Waals surface area contributed by atoms with Crippen LogP contribution in [0.5, 0.6) is 0 Å². The number of hydrogen-bond donors (Lipinski definition) is 2. The van der Waals surface area contributed by atoms with Gasteiger partial charge in [0.25, 0.3) is 0 Å². The summed E-state index contributed by atoms with van der Waals surface area (Å²) in [5.74, 6) is -0.137. The first-order chi connectivity index (χ1) is 11.6. The van der Waals surface area contributed by atoms with Crippen LogP contribution < -0.4 is 11.1 Å². The Balaban J connectivity index is 1.53. The van der Waals surface area contributed by atoms with Crippen molar-refractivity contribution >= 4 is 11.9 Å². The summed E-state index contributed by atoms with van der Waals surface area (Å²) in [5, 5.41) is 2.85. The number of amides is 1. The van der Waals surface area contributed by atoms with Crippen LogP contribution in [0.25, 0.3) is 0 Å². The molecule has 0 saturated heterocycles. The van der Waals surface area contributed by atoms with Crippen molar-refractivity contribution in [2.75, 3.05) is 0 Å². The van der Waals surface area contributed by atoms with Crippen molar-refractivity contribution in [3.63, 3.8) is 0 Å². The number of carbonyl (C=O) groups excluding carboxylic acids is 2. The second-order valence-corrected chi connectivity index (χ2v) is 6.99. The van der Waals surface area contributed by atoms with Crippen LogP contribution in [0.1, 0.15) is 44.1 Å². The van der Waals surface area contributed by atoms with Gasteiger partial charge in [0, 0.05) is 0 Å². The van der Waals surface area contributed by atoms with Crippen LogP contribution in [0, 0.1) is 11.8 Å². The van der Waals surface area contributed by atoms with E-state index in [2.05, 4.69) is 5.32 Å². The Kier molecular flexibility index (Phi) is 5.51. The Bertz CT molecular complexity index is 565. The molecular formula is C19H26N2O3. The Morgan fingerprint density at radius 2 is 1.75 bits per heavy atom. The molecule has 1 aromatic rings. The van der Waals surface area contributed by atoms with Crippen molar-refractivity contribution in [3.8, 4) is 0 Å². The minimum Gasteiger partial charge on any atom is -0.459 e. The zero-order valence-electron chi connectivity index (χ0n) is 13.9. The van der Waals surface area contributed by atoms with Crippen molar-refractivity contribution in [2.24, 2.45) is 17.6 Å². The number of benzene rings is 1. The quantitative estimate of drug-likeness (QED) is 0.751. The van der Waals surface area contributed by atoms with Gasteiger partial charge in [-0.1, -0.05) is 43.2 Å². The van der Waals surface area contributed by atoms with Crippen molar-refractivity contribution in [1.82, 2.24) is 5.32 Å². The predicted octanol–water partition coefficient (Wildman–Crippen LogP) is 2.14. The van der Waals surface area contributed by atoms with Gasteiger partial charge in [0.05, 0.1) is 6.04 Å². The minimum atomic E-state index is -0.561. The lowest BCUT2D eigenvalue weighted by Gasteiger charge is -2.22. The molecule has 2 fully saturated rings. The van der Waals surface area contributed by atoms with Crippen molar-refractivity contribution < 1.29 is 14.3 Å². The molecule has 5 heteroatoms. The van der Waals surface area contributed by atoms with Gasteiger partial charge in [0.2, 0.25) is 5.91 Å². The van der Waals surface area contributed by atoms with Crippen LogP contribution in [0.3, 0.4) is 0 Å². The second-order valence-electron chi connectivity index (χ2n) is 6.99. The third kappa shape index (κ3) is 4.35. The molecule has 1 unspecified atom stereocenters. The molecule has 3 N–H and O–H groups in total. The standard InChI is InChI=1S/C19H26N2O3/c20-16(14-8-4-5-9-14)18(22)21-17(15-10-11-15)19(23)24-12-13-6-2-1-3-7-13/h1-3,6-7,14-17H,4-5,8-12,20H2,(H,21,22)/t16-,17?/m1/s1. The van der Waals surface area contributed by atoms with Crippen molar-refractivity contribution in [1.29, 1.82) is 0 Å². The molecule has 2 aliphatic carbocycles. The van der Waals surface area contributed by atoms with Crippen LogP contribution in [-0.4, -0.2) is 24.0 Å². The number of ether oxygens (including phenoxy) is 1. The predicted molar refractivity (Wildman–Crippen MR) is 90.8 cm³/mol. The number of carbonyl (C=O) groups is 2. The van der Waals surface area contributed by atoms with Gasteiger partial charge in [0.1, 0.15) is 12.6 Å². The van der Waals surface area contributed by atoms with Gasteiger partial charge in [-0.15, -0.1) is 0 Å². The van der Waals surface area contributed by atoms with E-state index in [1.165, 1.54) is 0 Å². The molecule has 0 radical (unpaired) electrons. The van der Waals surface area contributed by atoms with Crippen LogP contribution in [0.4, 0.5) is 0 Å². The van der Waals surface area contributed by atoms with Gasteiger partial charge in [-0.05, 0) is 43.1 Å². The Morgan fingerprint density at radius 1 is 1.08 bits per heavy atom. The lowest BCUT2D eigenvalue weighted by molar-refractivity contribution is -0.150. The smallest absolute Gasteiger partial charge is 0.329 e. The first-order valence-electron chi connectivity index (χ1n) is 8.91. The number of esters is 1. The highest BCUT2D eigenvalue weighted by Crippen LogP contribution is 2.34. The van der Waals surface area contributed by atoms with E-state index in [1.807, 2.05) is 30.3 Å². The molecule has 2 aliphatic rings.